The molecule has 0 saturated carbocycles. The third kappa shape index (κ3) is 5.74. The number of carbonyl (C=O) groups is 2. The lowest BCUT2D eigenvalue weighted by atomic mass is 10.2. The SMILES string of the molecule is CCOC(=O)/C(=C\Nc1ccc(C(=O)OCC)cc1)S(C)(=O)=O. The zero-order chi connectivity index (χ0) is 17.5. The van der Waals surface area contributed by atoms with E-state index >= 15 is 0 Å². The van der Waals surface area contributed by atoms with Crippen LogP contribution in [0.15, 0.2) is 35.4 Å². The van der Waals surface area contributed by atoms with Gasteiger partial charge in [0.1, 0.15) is 0 Å². The van der Waals surface area contributed by atoms with Gasteiger partial charge in [0.15, 0.2) is 14.7 Å². The summed E-state index contributed by atoms with van der Waals surface area (Å²) < 4.78 is 32.8. The molecule has 1 rings (SSSR count). The van der Waals surface area contributed by atoms with Gasteiger partial charge in [0.05, 0.1) is 18.8 Å². The van der Waals surface area contributed by atoms with E-state index in [2.05, 4.69) is 5.32 Å². The van der Waals surface area contributed by atoms with E-state index in [-0.39, 0.29) is 13.2 Å². The van der Waals surface area contributed by atoms with Crippen LogP contribution in [0, 0.1) is 0 Å². The minimum atomic E-state index is -3.74. The molecule has 0 spiro atoms. The minimum Gasteiger partial charge on any atom is -0.462 e. The van der Waals surface area contributed by atoms with Crippen molar-refractivity contribution in [2.24, 2.45) is 0 Å². The highest BCUT2D eigenvalue weighted by Crippen LogP contribution is 2.13. The Labute approximate surface area is 135 Å². The lowest BCUT2D eigenvalue weighted by Crippen LogP contribution is -2.16. The Kier molecular flexibility index (Phi) is 6.77. The number of carbonyl (C=O) groups excluding carboxylic acids is 2. The highest BCUT2D eigenvalue weighted by Gasteiger charge is 2.21. The Balaban J connectivity index is 2.92. The van der Waals surface area contributed by atoms with Crippen LogP contribution in [0.1, 0.15) is 24.2 Å². The molecule has 0 aliphatic heterocycles. The van der Waals surface area contributed by atoms with Crippen LogP contribution in [0.25, 0.3) is 0 Å². The Morgan fingerprint density at radius 1 is 1.09 bits per heavy atom. The second kappa shape index (κ2) is 8.33. The molecule has 0 unspecified atom stereocenters. The molecule has 23 heavy (non-hydrogen) atoms. The van der Waals surface area contributed by atoms with Gasteiger partial charge in [0.25, 0.3) is 0 Å². The highest BCUT2D eigenvalue weighted by molar-refractivity contribution is 7.95. The van der Waals surface area contributed by atoms with E-state index in [1.807, 2.05) is 0 Å². The predicted molar refractivity (Wildman–Crippen MR) is 85.6 cm³/mol. The van der Waals surface area contributed by atoms with Gasteiger partial charge in [-0.3, -0.25) is 0 Å². The molecule has 1 aromatic carbocycles. The molecule has 7 nitrogen and oxygen atoms in total. The average molecular weight is 341 g/mol. The van der Waals surface area contributed by atoms with Gasteiger partial charge in [-0.15, -0.1) is 0 Å². The molecule has 0 fully saturated rings. The summed E-state index contributed by atoms with van der Waals surface area (Å²) in [7, 11) is -3.74. The van der Waals surface area contributed by atoms with Gasteiger partial charge in [-0.1, -0.05) is 0 Å². The molecule has 1 aromatic rings. The molecule has 1 N–H and O–H groups in total. The van der Waals surface area contributed by atoms with Crippen molar-refractivity contribution in [3.05, 3.63) is 40.9 Å². The lowest BCUT2D eigenvalue weighted by molar-refractivity contribution is -0.137. The van der Waals surface area contributed by atoms with E-state index in [0.29, 0.717) is 11.3 Å². The Hall–Kier alpha value is -2.35. The van der Waals surface area contributed by atoms with Gasteiger partial charge in [-0.05, 0) is 38.1 Å². The number of anilines is 1. The number of ether oxygens (including phenoxy) is 2. The van der Waals surface area contributed by atoms with Crippen molar-refractivity contribution < 1.29 is 27.5 Å². The maximum atomic E-state index is 11.7. The predicted octanol–water partition coefficient (Wildman–Crippen LogP) is 1.72. The topological polar surface area (TPSA) is 98.8 Å². The number of sulfone groups is 1. The van der Waals surface area contributed by atoms with Crippen LogP contribution in [-0.2, 0) is 24.1 Å². The molecular weight excluding hydrogens is 322 g/mol. The first-order valence-electron chi connectivity index (χ1n) is 6.90. The second-order valence-corrected chi connectivity index (χ2v) is 6.43. The molecule has 0 saturated heterocycles. The van der Waals surface area contributed by atoms with Crippen LogP contribution < -0.4 is 5.32 Å². The van der Waals surface area contributed by atoms with Gasteiger partial charge >= 0.3 is 11.9 Å². The van der Waals surface area contributed by atoms with Gasteiger partial charge in [0.2, 0.25) is 0 Å². The average Bonchev–Trinajstić information content (AvgIpc) is 2.47. The molecule has 0 amide bonds. The molecule has 126 valence electrons. The summed E-state index contributed by atoms with van der Waals surface area (Å²) in [5, 5.41) is 2.69. The van der Waals surface area contributed by atoms with Gasteiger partial charge in [-0.25, -0.2) is 18.0 Å². The molecule has 0 bridgehead atoms. The number of benzene rings is 1. The maximum Gasteiger partial charge on any atom is 0.351 e. The van der Waals surface area contributed by atoms with E-state index in [9.17, 15) is 18.0 Å². The monoisotopic (exact) mass is 341 g/mol. The maximum absolute atomic E-state index is 11.7. The Morgan fingerprint density at radius 3 is 2.13 bits per heavy atom. The minimum absolute atomic E-state index is 0.0694. The zero-order valence-electron chi connectivity index (χ0n) is 13.2. The van der Waals surface area contributed by atoms with E-state index in [4.69, 9.17) is 9.47 Å². The van der Waals surface area contributed by atoms with E-state index in [0.717, 1.165) is 12.5 Å². The van der Waals surface area contributed by atoms with Crippen molar-refractivity contribution in [3.63, 3.8) is 0 Å². The number of hydrogen-bond donors (Lipinski definition) is 1. The fourth-order valence-corrected chi connectivity index (χ4v) is 2.22. The third-order valence-electron chi connectivity index (χ3n) is 2.64. The van der Waals surface area contributed by atoms with Crippen LogP contribution in [0.3, 0.4) is 0 Å². The molecule has 0 atom stereocenters. The lowest BCUT2D eigenvalue weighted by Gasteiger charge is -2.07. The van der Waals surface area contributed by atoms with Crippen molar-refractivity contribution in [3.8, 4) is 0 Å². The Bertz CT molecular complexity index is 691. The summed E-state index contributed by atoms with van der Waals surface area (Å²) in [6.45, 7) is 3.64. The number of nitrogens with one attached hydrogen (secondary N) is 1. The van der Waals surface area contributed by atoms with Gasteiger partial charge in [0, 0.05) is 18.1 Å². The van der Waals surface area contributed by atoms with Gasteiger partial charge < -0.3 is 14.8 Å². The molecule has 0 aliphatic rings. The smallest absolute Gasteiger partial charge is 0.351 e. The molecular formula is C15H19NO6S. The number of rotatable bonds is 7. The van der Waals surface area contributed by atoms with E-state index < -0.39 is 26.7 Å². The van der Waals surface area contributed by atoms with Crippen molar-refractivity contribution in [1.82, 2.24) is 0 Å². The van der Waals surface area contributed by atoms with Crippen molar-refractivity contribution in [2.45, 2.75) is 13.8 Å². The van der Waals surface area contributed by atoms with Gasteiger partial charge in [-0.2, -0.15) is 0 Å². The number of esters is 2. The van der Waals surface area contributed by atoms with E-state index in [1.54, 1.807) is 26.0 Å². The van der Waals surface area contributed by atoms with E-state index in [1.165, 1.54) is 12.1 Å². The summed E-state index contributed by atoms with van der Waals surface area (Å²) in [5.41, 5.74) is 0.874. The van der Waals surface area contributed by atoms with Crippen LogP contribution in [0.2, 0.25) is 0 Å². The largest absolute Gasteiger partial charge is 0.462 e. The first-order chi connectivity index (χ1) is 10.8. The first kappa shape index (κ1) is 18.7. The normalized spacial score (nSPS) is 11.7. The fourth-order valence-electron chi connectivity index (χ4n) is 1.59. The highest BCUT2D eigenvalue weighted by atomic mass is 32.2. The van der Waals surface area contributed by atoms with Crippen LogP contribution in [0.4, 0.5) is 5.69 Å². The summed E-state index contributed by atoms with van der Waals surface area (Å²) in [5.74, 6) is -1.37. The van der Waals surface area contributed by atoms with Crippen LogP contribution >= 0.6 is 0 Å². The first-order valence-corrected chi connectivity index (χ1v) is 8.79. The van der Waals surface area contributed by atoms with Crippen molar-refractivity contribution in [2.75, 3.05) is 24.8 Å². The standard InChI is InChI=1S/C15H19NO6S/c1-4-21-14(17)11-6-8-12(9-7-11)16-10-13(23(3,19)20)15(18)22-5-2/h6-10,16H,4-5H2,1-3H3/b13-10+. The molecule has 0 radical (unpaired) electrons. The van der Waals surface area contributed by atoms with Crippen molar-refractivity contribution >= 4 is 27.5 Å². The number of hydrogen-bond acceptors (Lipinski definition) is 7. The van der Waals surface area contributed by atoms with Crippen LogP contribution in [0.5, 0.6) is 0 Å². The van der Waals surface area contributed by atoms with Crippen LogP contribution in [-0.4, -0.2) is 39.8 Å². The molecule has 8 heteroatoms. The van der Waals surface area contributed by atoms with Crippen molar-refractivity contribution in [1.29, 1.82) is 0 Å². The second-order valence-electron chi connectivity index (χ2n) is 4.44. The molecule has 0 aliphatic carbocycles. The molecule has 0 aromatic heterocycles. The summed E-state index contributed by atoms with van der Waals surface area (Å²) in [6.07, 6.45) is 1.98. The fraction of sp³-hybridized carbons (Fsp3) is 0.333. The summed E-state index contributed by atoms with van der Waals surface area (Å²) in [6, 6.07) is 6.18. The summed E-state index contributed by atoms with van der Waals surface area (Å²) in [4.78, 5) is 22.7. The molecule has 0 heterocycles. The third-order valence-corrected chi connectivity index (χ3v) is 3.73. The summed E-state index contributed by atoms with van der Waals surface area (Å²) >= 11 is 0. The zero-order valence-corrected chi connectivity index (χ0v) is 14.0. The Morgan fingerprint density at radius 2 is 1.65 bits per heavy atom. The quantitative estimate of drug-likeness (QED) is 0.595.